The molecule has 114 valence electrons. The Morgan fingerprint density at radius 1 is 1.05 bits per heavy atom. The van der Waals surface area contributed by atoms with Crippen LogP contribution in [0.4, 0.5) is 5.69 Å². The van der Waals surface area contributed by atoms with E-state index >= 15 is 0 Å². The van der Waals surface area contributed by atoms with Gasteiger partial charge in [-0.3, -0.25) is 9.59 Å². The van der Waals surface area contributed by atoms with Gasteiger partial charge in [0.2, 0.25) is 5.91 Å². The molecule has 0 heterocycles. The zero-order chi connectivity index (χ0) is 15.9. The Hall–Kier alpha value is -2.62. The van der Waals surface area contributed by atoms with E-state index in [1.54, 1.807) is 11.0 Å². The molecular formula is C18H20N2O2. The molecule has 0 saturated carbocycles. The summed E-state index contributed by atoms with van der Waals surface area (Å²) in [5, 5.41) is 2.85. The predicted octanol–water partition coefficient (Wildman–Crippen LogP) is 2.78. The van der Waals surface area contributed by atoms with Gasteiger partial charge in [-0.1, -0.05) is 35.9 Å². The van der Waals surface area contributed by atoms with E-state index in [0.717, 1.165) is 11.3 Å². The van der Waals surface area contributed by atoms with Crippen LogP contribution in [0.5, 0.6) is 0 Å². The van der Waals surface area contributed by atoms with E-state index in [9.17, 15) is 9.59 Å². The van der Waals surface area contributed by atoms with Gasteiger partial charge in [0, 0.05) is 31.3 Å². The fourth-order valence-electron chi connectivity index (χ4n) is 2.25. The molecule has 0 bridgehead atoms. The Labute approximate surface area is 130 Å². The van der Waals surface area contributed by atoms with Crippen LogP contribution in [0.15, 0.2) is 54.6 Å². The smallest absolute Gasteiger partial charge is 0.251 e. The van der Waals surface area contributed by atoms with Crippen LogP contribution >= 0.6 is 0 Å². The molecule has 1 N–H and O–H groups in total. The lowest BCUT2D eigenvalue weighted by Crippen LogP contribution is -2.37. The Morgan fingerprint density at radius 3 is 2.41 bits per heavy atom. The highest BCUT2D eigenvalue weighted by Gasteiger charge is 2.11. The van der Waals surface area contributed by atoms with Crippen LogP contribution in [0.1, 0.15) is 22.8 Å². The van der Waals surface area contributed by atoms with E-state index in [1.165, 1.54) is 6.92 Å². The van der Waals surface area contributed by atoms with Crippen LogP contribution in [0.2, 0.25) is 0 Å². The summed E-state index contributed by atoms with van der Waals surface area (Å²) in [4.78, 5) is 25.5. The first-order valence-corrected chi connectivity index (χ1v) is 7.26. The number of carbonyl (C=O) groups excluding carboxylic acids is 2. The van der Waals surface area contributed by atoms with Crippen molar-refractivity contribution in [2.75, 3.05) is 18.0 Å². The van der Waals surface area contributed by atoms with E-state index in [-0.39, 0.29) is 11.8 Å². The van der Waals surface area contributed by atoms with Crippen LogP contribution < -0.4 is 10.2 Å². The number of aryl methyl sites for hydroxylation is 1. The molecule has 0 aromatic heterocycles. The zero-order valence-corrected chi connectivity index (χ0v) is 12.9. The zero-order valence-electron chi connectivity index (χ0n) is 12.9. The van der Waals surface area contributed by atoms with Crippen molar-refractivity contribution < 1.29 is 9.59 Å². The number of carbonyl (C=O) groups is 2. The summed E-state index contributed by atoms with van der Waals surface area (Å²) in [6.07, 6.45) is 0. The van der Waals surface area contributed by atoms with Gasteiger partial charge < -0.3 is 10.2 Å². The van der Waals surface area contributed by atoms with Crippen LogP contribution in [0.3, 0.4) is 0 Å². The third kappa shape index (κ3) is 4.19. The number of rotatable bonds is 5. The van der Waals surface area contributed by atoms with Gasteiger partial charge in [0.05, 0.1) is 0 Å². The van der Waals surface area contributed by atoms with Crippen molar-refractivity contribution in [2.24, 2.45) is 0 Å². The lowest BCUT2D eigenvalue weighted by Gasteiger charge is -2.21. The van der Waals surface area contributed by atoms with Gasteiger partial charge in [-0.05, 0) is 31.2 Å². The van der Waals surface area contributed by atoms with Crippen molar-refractivity contribution in [1.82, 2.24) is 5.32 Å². The topological polar surface area (TPSA) is 49.4 Å². The molecule has 4 heteroatoms. The second-order valence-electron chi connectivity index (χ2n) is 5.13. The number of benzene rings is 2. The first-order chi connectivity index (χ1) is 10.6. The highest BCUT2D eigenvalue weighted by atomic mass is 16.2. The second kappa shape index (κ2) is 7.41. The van der Waals surface area contributed by atoms with Gasteiger partial charge in [0.15, 0.2) is 0 Å². The molecule has 0 radical (unpaired) electrons. The third-order valence-corrected chi connectivity index (χ3v) is 3.35. The molecular weight excluding hydrogens is 276 g/mol. The fraction of sp³-hybridized carbons (Fsp3) is 0.222. The molecule has 0 aliphatic rings. The Bertz CT molecular complexity index is 653. The molecule has 2 aromatic carbocycles. The molecule has 0 unspecified atom stereocenters. The summed E-state index contributed by atoms with van der Waals surface area (Å²) in [6, 6.07) is 16.9. The van der Waals surface area contributed by atoms with Crippen molar-refractivity contribution in [3.8, 4) is 0 Å². The molecule has 0 aliphatic heterocycles. The monoisotopic (exact) mass is 296 g/mol. The summed E-state index contributed by atoms with van der Waals surface area (Å²) in [5.41, 5.74) is 2.51. The molecule has 2 amide bonds. The van der Waals surface area contributed by atoms with Crippen molar-refractivity contribution in [2.45, 2.75) is 13.8 Å². The predicted molar refractivity (Wildman–Crippen MR) is 88.0 cm³/mol. The van der Waals surface area contributed by atoms with Gasteiger partial charge >= 0.3 is 0 Å². The summed E-state index contributed by atoms with van der Waals surface area (Å²) in [7, 11) is 0. The number of amides is 2. The minimum atomic E-state index is -0.125. The second-order valence-corrected chi connectivity index (χ2v) is 5.13. The molecule has 2 aromatic rings. The number of nitrogens with one attached hydrogen (secondary N) is 1. The first-order valence-electron chi connectivity index (χ1n) is 7.26. The van der Waals surface area contributed by atoms with Gasteiger partial charge in [-0.25, -0.2) is 0 Å². The van der Waals surface area contributed by atoms with E-state index in [0.29, 0.717) is 18.7 Å². The van der Waals surface area contributed by atoms with Crippen molar-refractivity contribution >= 4 is 17.5 Å². The van der Waals surface area contributed by atoms with Crippen LogP contribution in [0, 0.1) is 6.92 Å². The van der Waals surface area contributed by atoms with Crippen molar-refractivity contribution in [1.29, 1.82) is 0 Å². The molecule has 0 fully saturated rings. The maximum absolute atomic E-state index is 12.1. The molecule has 0 spiro atoms. The minimum absolute atomic E-state index is 0.0454. The summed E-state index contributed by atoms with van der Waals surface area (Å²) < 4.78 is 0. The molecule has 2 rings (SSSR count). The largest absolute Gasteiger partial charge is 0.350 e. The van der Waals surface area contributed by atoms with Crippen LogP contribution in [-0.2, 0) is 4.79 Å². The van der Waals surface area contributed by atoms with Crippen molar-refractivity contribution in [3.05, 3.63) is 65.7 Å². The van der Waals surface area contributed by atoms with E-state index in [1.807, 2.05) is 55.5 Å². The van der Waals surface area contributed by atoms with E-state index in [2.05, 4.69) is 5.32 Å². The molecule has 0 saturated heterocycles. The van der Waals surface area contributed by atoms with Gasteiger partial charge in [-0.2, -0.15) is 0 Å². The van der Waals surface area contributed by atoms with E-state index < -0.39 is 0 Å². The average molecular weight is 296 g/mol. The Balaban J connectivity index is 1.94. The third-order valence-electron chi connectivity index (χ3n) is 3.35. The number of hydrogen-bond acceptors (Lipinski definition) is 2. The summed E-state index contributed by atoms with van der Waals surface area (Å²) >= 11 is 0. The fourth-order valence-corrected chi connectivity index (χ4v) is 2.25. The first kappa shape index (κ1) is 15.8. The standard InChI is InChI=1S/C18H20N2O2/c1-14-7-6-8-16(13-14)18(22)19-11-12-20(15(2)21)17-9-4-3-5-10-17/h3-10,13H,11-12H2,1-2H3,(H,19,22). The average Bonchev–Trinajstić information content (AvgIpc) is 2.52. The molecule has 22 heavy (non-hydrogen) atoms. The normalized spacial score (nSPS) is 10.1. The van der Waals surface area contributed by atoms with E-state index in [4.69, 9.17) is 0 Å². The van der Waals surface area contributed by atoms with Gasteiger partial charge in [-0.15, -0.1) is 0 Å². The number of nitrogens with zero attached hydrogens (tertiary/aromatic N) is 1. The minimum Gasteiger partial charge on any atom is -0.350 e. The number of para-hydroxylation sites is 1. The van der Waals surface area contributed by atoms with Crippen LogP contribution in [0.25, 0.3) is 0 Å². The summed E-state index contributed by atoms with van der Waals surface area (Å²) in [6.45, 7) is 4.32. The maximum Gasteiger partial charge on any atom is 0.251 e. The highest BCUT2D eigenvalue weighted by molar-refractivity contribution is 5.94. The van der Waals surface area contributed by atoms with Crippen LogP contribution in [-0.4, -0.2) is 24.9 Å². The SMILES string of the molecule is CC(=O)N(CCNC(=O)c1cccc(C)c1)c1ccccc1. The molecule has 0 aliphatic carbocycles. The van der Waals surface area contributed by atoms with Gasteiger partial charge in [0.25, 0.3) is 5.91 Å². The molecule has 4 nitrogen and oxygen atoms in total. The lowest BCUT2D eigenvalue weighted by atomic mass is 10.1. The van der Waals surface area contributed by atoms with Gasteiger partial charge in [0.1, 0.15) is 0 Å². The maximum atomic E-state index is 12.1. The number of hydrogen-bond donors (Lipinski definition) is 1. The quantitative estimate of drug-likeness (QED) is 0.922. The Kier molecular flexibility index (Phi) is 5.31. The highest BCUT2D eigenvalue weighted by Crippen LogP contribution is 2.12. The number of anilines is 1. The Morgan fingerprint density at radius 2 is 1.77 bits per heavy atom. The summed E-state index contributed by atoms with van der Waals surface area (Å²) in [5.74, 6) is -0.170. The lowest BCUT2D eigenvalue weighted by molar-refractivity contribution is -0.116. The van der Waals surface area contributed by atoms with Crippen molar-refractivity contribution in [3.63, 3.8) is 0 Å². The molecule has 0 atom stereocenters.